The third-order valence-corrected chi connectivity index (χ3v) is 3.63. The summed E-state index contributed by atoms with van der Waals surface area (Å²) in [6.45, 7) is 3.73. The van der Waals surface area contributed by atoms with E-state index in [1.54, 1.807) is 35.1 Å². The van der Waals surface area contributed by atoms with Gasteiger partial charge < -0.3 is 15.8 Å². The van der Waals surface area contributed by atoms with Crippen LogP contribution >= 0.6 is 0 Å². The van der Waals surface area contributed by atoms with Gasteiger partial charge in [-0.2, -0.15) is 5.10 Å². The second kappa shape index (κ2) is 6.95. The summed E-state index contributed by atoms with van der Waals surface area (Å²) in [7, 11) is 1.85. The van der Waals surface area contributed by atoms with Crippen LogP contribution in [0.4, 0.5) is 0 Å². The number of benzene rings is 1. The lowest BCUT2D eigenvalue weighted by Gasteiger charge is -2.14. The summed E-state index contributed by atoms with van der Waals surface area (Å²) in [6, 6.07) is 6.15. The summed E-state index contributed by atoms with van der Waals surface area (Å²) in [5, 5.41) is 7.02. The second-order valence-corrected chi connectivity index (χ2v) is 5.28. The summed E-state index contributed by atoms with van der Waals surface area (Å²) in [6.07, 6.45) is 1.74. The maximum Gasteiger partial charge on any atom is 0.258 e. The molecular weight excluding hydrogens is 296 g/mol. The highest BCUT2D eigenvalue weighted by atomic mass is 16.5. The summed E-state index contributed by atoms with van der Waals surface area (Å²) in [5.74, 6) is -0.245. The minimum atomic E-state index is -0.505. The number of nitrogens with zero attached hydrogens (tertiary/aromatic N) is 2. The maximum absolute atomic E-state index is 12.0. The first-order chi connectivity index (χ1) is 10.9. The van der Waals surface area contributed by atoms with Gasteiger partial charge in [-0.05, 0) is 38.1 Å². The van der Waals surface area contributed by atoms with Gasteiger partial charge >= 0.3 is 0 Å². The number of hydrogen-bond donors (Lipinski definition) is 2. The van der Waals surface area contributed by atoms with Gasteiger partial charge in [0.25, 0.3) is 5.91 Å². The van der Waals surface area contributed by atoms with E-state index in [0.717, 1.165) is 11.3 Å². The normalized spacial score (nSPS) is 11.8. The molecule has 7 nitrogen and oxygen atoms in total. The lowest BCUT2D eigenvalue weighted by Crippen LogP contribution is -2.31. The van der Waals surface area contributed by atoms with Crippen LogP contribution < -0.4 is 15.8 Å². The molecule has 1 heterocycles. The van der Waals surface area contributed by atoms with Crippen molar-refractivity contribution < 1.29 is 14.3 Å². The number of amides is 2. The van der Waals surface area contributed by atoms with E-state index in [1.807, 2.05) is 20.9 Å². The molecular formula is C16H20N4O3. The zero-order chi connectivity index (χ0) is 17.0. The number of aromatic nitrogens is 2. The van der Waals surface area contributed by atoms with E-state index < -0.39 is 5.91 Å². The van der Waals surface area contributed by atoms with Crippen molar-refractivity contribution in [2.45, 2.75) is 19.9 Å². The minimum Gasteiger partial charge on any atom is -0.484 e. The van der Waals surface area contributed by atoms with Gasteiger partial charge in [-0.1, -0.05) is 0 Å². The Bertz CT molecular complexity index is 707. The van der Waals surface area contributed by atoms with Crippen molar-refractivity contribution in [3.63, 3.8) is 0 Å². The molecule has 0 saturated heterocycles. The van der Waals surface area contributed by atoms with Crippen molar-refractivity contribution in [2.75, 3.05) is 6.61 Å². The highest BCUT2D eigenvalue weighted by Gasteiger charge is 2.14. The molecule has 0 saturated carbocycles. The number of carbonyl (C=O) groups excluding carboxylic acids is 2. The maximum atomic E-state index is 12.0. The van der Waals surface area contributed by atoms with Gasteiger partial charge in [0, 0.05) is 23.9 Å². The fraction of sp³-hybridized carbons (Fsp3) is 0.312. The minimum absolute atomic E-state index is 0.112. The number of nitrogens with one attached hydrogen (secondary N) is 1. The summed E-state index contributed by atoms with van der Waals surface area (Å²) < 4.78 is 7.15. The average Bonchev–Trinajstić information content (AvgIpc) is 2.85. The number of ether oxygens (including phenoxy) is 1. The third-order valence-electron chi connectivity index (χ3n) is 3.63. The molecule has 0 fully saturated rings. The van der Waals surface area contributed by atoms with E-state index in [0.29, 0.717) is 11.3 Å². The van der Waals surface area contributed by atoms with Gasteiger partial charge in [-0.15, -0.1) is 0 Å². The molecule has 3 N–H and O–H groups in total. The van der Waals surface area contributed by atoms with Crippen LogP contribution in [-0.4, -0.2) is 28.2 Å². The zero-order valence-corrected chi connectivity index (χ0v) is 13.4. The monoisotopic (exact) mass is 316 g/mol. The molecule has 1 aromatic heterocycles. The summed E-state index contributed by atoms with van der Waals surface area (Å²) >= 11 is 0. The lowest BCUT2D eigenvalue weighted by atomic mass is 10.1. The van der Waals surface area contributed by atoms with E-state index >= 15 is 0 Å². The SMILES string of the molecule is Cc1c([C@@H](C)NC(=O)COc2ccc(C(N)=O)cc2)cnn1C. The smallest absolute Gasteiger partial charge is 0.258 e. The predicted molar refractivity (Wildman–Crippen MR) is 85.0 cm³/mol. The van der Waals surface area contributed by atoms with Gasteiger partial charge in [0.15, 0.2) is 6.61 Å². The summed E-state index contributed by atoms with van der Waals surface area (Å²) in [4.78, 5) is 22.9. The second-order valence-electron chi connectivity index (χ2n) is 5.28. The Labute approximate surface area is 134 Å². The van der Waals surface area contributed by atoms with E-state index in [-0.39, 0.29) is 18.6 Å². The van der Waals surface area contributed by atoms with Crippen LogP contribution in [0.2, 0.25) is 0 Å². The van der Waals surface area contributed by atoms with Crippen LogP contribution in [0.3, 0.4) is 0 Å². The Morgan fingerprint density at radius 2 is 2.00 bits per heavy atom. The van der Waals surface area contributed by atoms with Crippen molar-refractivity contribution in [3.05, 3.63) is 47.3 Å². The molecule has 23 heavy (non-hydrogen) atoms. The van der Waals surface area contributed by atoms with Crippen molar-refractivity contribution in [1.29, 1.82) is 0 Å². The number of hydrogen-bond acceptors (Lipinski definition) is 4. The molecule has 0 aliphatic carbocycles. The Morgan fingerprint density at radius 3 is 2.52 bits per heavy atom. The summed E-state index contributed by atoms with van der Waals surface area (Å²) in [5.41, 5.74) is 7.52. The van der Waals surface area contributed by atoms with Gasteiger partial charge in [0.2, 0.25) is 5.91 Å². The van der Waals surface area contributed by atoms with Gasteiger partial charge in [-0.25, -0.2) is 0 Å². The average molecular weight is 316 g/mol. The first-order valence-corrected chi connectivity index (χ1v) is 7.19. The van der Waals surface area contributed by atoms with Crippen molar-refractivity contribution >= 4 is 11.8 Å². The molecule has 1 aromatic carbocycles. The first kappa shape index (κ1) is 16.5. The van der Waals surface area contributed by atoms with Crippen LogP contribution in [0.25, 0.3) is 0 Å². The molecule has 0 radical (unpaired) electrons. The molecule has 2 aromatic rings. The molecule has 7 heteroatoms. The van der Waals surface area contributed by atoms with Crippen molar-refractivity contribution in [3.8, 4) is 5.75 Å². The van der Waals surface area contributed by atoms with E-state index in [2.05, 4.69) is 10.4 Å². The van der Waals surface area contributed by atoms with Gasteiger partial charge in [0.1, 0.15) is 5.75 Å². The standard InChI is InChI=1S/C16H20N4O3/c1-10(14-8-18-20(3)11(14)2)19-15(21)9-23-13-6-4-12(5-7-13)16(17)22/h4-8,10H,9H2,1-3H3,(H2,17,22)(H,19,21)/t10-/m1/s1. The quantitative estimate of drug-likeness (QED) is 0.833. The van der Waals surface area contributed by atoms with Crippen molar-refractivity contribution in [2.24, 2.45) is 12.8 Å². The van der Waals surface area contributed by atoms with Crippen LogP contribution in [0, 0.1) is 6.92 Å². The van der Waals surface area contributed by atoms with Crippen molar-refractivity contribution in [1.82, 2.24) is 15.1 Å². The zero-order valence-electron chi connectivity index (χ0n) is 13.4. The molecule has 0 spiro atoms. The Morgan fingerprint density at radius 1 is 1.35 bits per heavy atom. The molecule has 1 atom stereocenters. The first-order valence-electron chi connectivity index (χ1n) is 7.19. The molecule has 2 amide bonds. The highest BCUT2D eigenvalue weighted by Crippen LogP contribution is 2.16. The fourth-order valence-corrected chi connectivity index (χ4v) is 2.17. The van der Waals surface area contributed by atoms with E-state index in [9.17, 15) is 9.59 Å². The van der Waals surface area contributed by atoms with Crippen LogP contribution in [0.1, 0.15) is 34.6 Å². The lowest BCUT2D eigenvalue weighted by molar-refractivity contribution is -0.123. The predicted octanol–water partition coefficient (Wildman–Crippen LogP) is 1.08. The Hall–Kier alpha value is -2.83. The Kier molecular flexibility index (Phi) is 5.00. The number of aryl methyl sites for hydroxylation is 1. The van der Waals surface area contributed by atoms with Crippen LogP contribution in [-0.2, 0) is 11.8 Å². The molecule has 0 bridgehead atoms. The highest BCUT2D eigenvalue weighted by molar-refractivity contribution is 5.92. The molecule has 0 aliphatic rings. The van der Waals surface area contributed by atoms with Crippen LogP contribution in [0.5, 0.6) is 5.75 Å². The fourth-order valence-electron chi connectivity index (χ4n) is 2.17. The molecule has 0 aliphatic heterocycles. The van der Waals surface area contributed by atoms with Gasteiger partial charge in [-0.3, -0.25) is 14.3 Å². The third kappa shape index (κ3) is 4.09. The van der Waals surface area contributed by atoms with E-state index in [1.165, 1.54) is 0 Å². The number of rotatable bonds is 6. The van der Waals surface area contributed by atoms with Gasteiger partial charge in [0.05, 0.1) is 12.2 Å². The molecule has 122 valence electrons. The topological polar surface area (TPSA) is 99.2 Å². The number of primary amides is 1. The van der Waals surface area contributed by atoms with Crippen LogP contribution in [0.15, 0.2) is 30.5 Å². The number of carbonyl (C=O) groups is 2. The Balaban J connectivity index is 1.87. The largest absolute Gasteiger partial charge is 0.484 e. The molecule has 2 rings (SSSR count). The molecule has 0 unspecified atom stereocenters. The van der Waals surface area contributed by atoms with E-state index in [4.69, 9.17) is 10.5 Å². The number of nitrogens with two attached hydrogens (primary N) is 1.